The maximum atomic E-state index is 5.12. The molecule has 0 saturated carbocycles. The van der Waals surface area contributed by atoms with Crippen LogP contribution in [0.1, 0.15) is 0 Å². The predicted molar refractivity (Wildman–Crippen MR) is 33.4 cm³/mol. The Hall–Kier alpha value is -0.560. The molecule has 0 unspecified atom stereocenters. The Morgan fingerprint density at radius 3 is 2.50 bits per heavy atom. The van der Waals surface area contributed by atoms with E-state index < -0.39 is 0 Å². The van der Waals surface area contributed by atoms with E-state index in [0.717, 1.165) is 0 Å². The molecule has 0 aromatic rings. The smallest absolute Gasteiger partial charge is 0.0943 e. The van der Waals surface area contributed by atoms with E-state index in [1.54, 1.807) is 0 Å². The summed E-state index contributed by atoms with van der Waals surface area (Å²) in [6.45, 7) is 4.10. The Morgan fingerprint density at radius 1 is 1.38 bits per heavy atom. The van der Waals surface area contributed by atoms with Crippen LogP contribution < -0.4 is 0 Å². The molecule has 1 radical (unpaired) electrons. The summed E-state index contributed by atoms with van der Waals surface area (Å²) in [5.41, 5.74) is 0. The highest BCUT2D eigenvalue weighted by atomic mass is 16.5. The van der Waals surface area contributed by atoms with Gasteiger partial charge in [0.1, 0.15) is 0 Å². The third-order valence-corrected chi connectivity index (χ3v) is 1.02. The van der Waals surface area contributed by atoms with Crippen molar-refractivity contribution in [1.82, 2.24) is 0 Å². The lowest BCUT2D eigenvalue weighted by Crippen LogP contribution is -2.02. The third-order valence-electron chi connectivity index (χ3n) is 1.02. The van der Waals surface area contributed by atoms with Crippen LogP contribution in [0.2, 0.25) is 0 Å². The molecule has 0 fully saturated rings. The van der Waals surface area contributed by atoms with Gasteiger partial charge in [0.25, 0.3) is 0 Å². The molecule has 43 valence electrons. The molecule has 0 bridgehead atoms. The van der Waals surface area contributed by atoms with E-state index in [-0.39, 0.29) is 6.10 Å². The first-order chi connectivity index (χ1) is 3.93. The van der Waals surface area contributed by atoms with Crippen molar-refractivity contribution >= 4 is 0 Å². The molecule has 1 nitrogen and oxygen atoms in total. The van der Waals surface area contributed by atoms with Gasteiger partial charge in [-0.3, -0.25) is 0 Å². The molecular formula is C7H9O. The number of ether oxygens (including phenoxy) is 1. The summed E-state index contributed by atoms with van der Waals surface area (Å²) in [6.07, 6.45) is 8.12. The highest BCUT2D eigenvalue weighted by Crippen LogP contribution is 2.02. The van der Waals surface area contributed by atoms with Crippen molar-refractivity contribution < 1.29 is 4.74 Å². The van der Waals surface area contributed by atoms with Gasteiger partial charge in [-0.1, -0.05) is 24.3 Å². The maximum Gasteiger partial charge on any atom is 0.0943 e. The highest BCUT2D eigenvalue weighted by Gasteiger charge is 1.99. The van der Waals surface area contributed by atoms with Crippen LogP contribution >= 0.6 is 0 Å². The standard InChI is InChI=1S/C7H9O/c1-2-8-7-5-3-4-6-7/h3-7H,1-2H2. The Bertz CT molecular complexity index is 102. The van der Waals surface area contributed by atoms with Gasteiger partial charge in [-0.2, -0.15) is 0 Å². The summed E-state index contributed by atoms with van der Waals surface area (Å²) in [5.74, 6) is 0. The largest absolute Gasteiger partial charge is 0.370 e. The minimum Gasteiger partial charge on any atom is -0.370 e. The fourth-order valence-corrected chi connectivity index (χ4v) is 0.659. The van der Waals surface area contributed by atoms with E-state index in [0.29, 0.717) is 6.61 Å². The number of allylic oxidation sites excluding steroid dienone is 2. The molecular weight excluding hydrogens is 100 g/mol. The zero-order valence-corrected chi connectivity index (χ0v) is 4.71. The lowest BCUT2D eigenvalue weighted by Gasteiger charge is -2.01. The molecule has 0 N–H and O–H groups in total. The molecule has 0 aromatic heterocycles. The lowest BCUT2D eigenvalue weighted by atomic mass is 10.4. The number of hydrogen-bond acceptors (Lipinski definition) is 1. The van der Waals surface area contributed by atoms with Crippen LogP contribution in [0.15, 0.2) is 24.3 Å². The van der Waals surface area contributed by atoms with Gasteiger partial charge in [0.2, 0.25) is 0 Å². The van der Waals surface area contributed by atoms with E-state index in [1.165, 1.54) is 0 Å². The normalized spacial score (nSPS) is 18.1. The SMILES string of the molecule is [CH2]COC1C=CC=C1. The van der Waals surface area contributed by atoms with Gasteiger partial charge in [-0.05, 0) is 6.92 Å². The molecule has 0 aliphatic heterocycles. The molecule has 1 aliphatic carbocycles. The van der Waals surface area contributed by atoms with E-state index in [2.05, 4.69) is 6.92 Å². The van der Waals surface area contributed by atoms with Crippen molar-refractivity contribution in [3.63, 3.8) is 0 Å². The van der Waals surface area contributed by atoms with Crippen molar-refractivity contribution in [2.75, 3.05) is 6.61 Å². The average Bonchev–Trinajstić information content (AvgIpc) is 2.19. The van der Waals surface area contributed by atoms with E-state index in [9.17, 15) is 0 Å². The molecule has 0 heterocycles. The second kappa shape index (κ2) is 2.68. The summed E-state index contributed by atoms with van der Waals surface area (Å²) < 4.78 is 5.12. The van der Waals surface area contributed by atoms with Crippen LogP contribution in [0.3, 0.4) is 0 Å². The van der Waals surface area contributed by atoms with Crippen LogP contribution in [-0.4, -0.2) is 12.7 Å². The minimum absolute atomic E-state index is 0.187. The summed E-state index contributed by atoms with van der Waals surface area (Å²) in [6, 6.07) is 0. The fourth-order valence-electron chi connectivity index (χ4n) is 0.659. The summed E-state index contributed by atoms with van der Waals surface area (Å²) in [4.78, 5) is 0. The molecule has 1 heteroatoms. The molecule has 1 rings (SSSR count). The Labute approximate surface area is 49.7 Å². The first-order valence-corrected chi connectivity index (χ1v) is 2.69. The van der Waals surface area contributed by atoms with Gasteiger partial charge in [0.05, 0.1) is 6.10 Å². The maximum absolute atomic E-state index is 5.12. The van der Waals surface area contributed by atoms with E-state index >= 15 is 0 Å². The van der Waals surface area contributed by atoms with Crippen molar-refractivity contribution in [3.05, 3.63) is 31.2 Å². The van der Waals surface area contributed by atoms with Crippen LogP contribution in [0.4, 0.5) is 0 Å². The molecule has 0 saturated heterocycles. The van der Waals surface area contributed by atoms with Crippen molar-refractivity contribution in [3.8, 4) is 0 Å². The van der Waals surface area contributed by atoms with Crippen LogP contribution in [0.5, 0.6) is 0 Å². The predicted octanol–water partition coefficient (Wildman–Crippen LogP) is 1.33. The number of hydrogen-bond donors (Lipinski definition) is 0. The van der Waals surface area contributed by atoms with Crippen molar-refractivity contribution in [2.24, 2.45) is 0 Å². The topological polar surface area (TPSA) is 9.23 Å². The molecule has 0 aromatic carbocycles. The van der Waals surface area contributed by atoms with Crippen LogP contribution in [0, 0.1) is 6.92 Å². The summed E-state index contributed by atoms with van der Waals surface area (Å²) >= 11 is 0. The van der Waals surface area contributed by atoms with Crippen molar-refractivity contribution in [2.45, 2.75) is 6.10 Å². The molecule has 8 heavy (non-hydrogen) atoms. The first-order valence-electron chi connectivity index (χ1n) is 2.69. The van der Waals surface area contributed by atoms with Gasteiger partial charge in [0, 0.05) is 6.61 Å². The van der Waals surface area contributed by atoms with Gasteiger partial charge >= 0.3 is 0 Å². The first kappa shape index (κ1) is 5.57. The lowest BCUT2D eigenvalue weighted by molar-refractivity contribution is 0.142. The Kier molecular flexibility index (Phi) is 1.86. The third kappa shape index (κ3) is 1.20. The van der Waals surface area contributed by atoms with Gasteiger partial charge < -0.3 is 4.74 Å². The van der Waals surface area contributed by atoms with E-state index in [4.69, 9.17) is 4.74 Å². The molecule has 0 amide bonds. The Balaban J connectivity index is 2.27. The molecule has 0 spiro atoms. The van der Waals surface area contributed by atoms with Gasteiger partial charge in [-0.15, -0.1) is 0 Å². The van der Waals surface area contributed by atoms with Crippen molar-refractivity contribution in [1.29, 1.82) is 0 Å². The van der Waals surface area contributed by atoms with Crippen LogP contribution in [-0.2, 0) is 4.74 Å². The van der Waals surface area contributed by atoms with Crippen LogP contribution in [0.25, 0.3) is 0 Å². The molecule has 1 aliphatic rings. The zero-order valence-electron chi connectivity index (χ0n) is 4.71. The minimum atomic E-state index is 0.187. The Morgan fingerprint density at radius 2 is 2.00 bits per heavy atom. The highest BCUT2D eigenvalue weighted by molar-refractivity contribution is 5.18. The molecule has 0 atom stereocenters. The zero-order chi connectivity index (χ0) is 5.82. The average molecular weight is 109 g/mol. The monoisotopic (exact) mass is 109 g/mol. The summed E-state index contributed by atoms with van der Waals surface area (Å²) in [5, 5.41) is 0. The quantitative estimate of drug-likeness (QED) is 0.519. The van der Waals surface area contributed by atoms with E-state index in [1.807, 2.05) is 24.3 Å². The summed E-state index contributed by atoms with van der Waals surface area (Å²) in [7, 11) is 0. The van der Waals surface area contributed by atoms with Gasteiger partial charge in [0.15, 0.2) is 0 Å². The second-order valence-corrected chi connectivity index (χ2v) is 1.61. The second-order valence-electron chi connectivity index (χ2n) is 1.61. The number of rotatable bonds is 2. The van der Waals surface area contributed by atoms with Gasteiger partial charge in [-0.25, -0.2) is 0 Å². The fraction of sp³-hybridized carbons (Fsp3) is 0.286.